The highest BCUT2D eigenvalue weighted by molar-refractivity contribution is 5.10. The van der Waals surface area contributed by atoms with Crippen molar-refractivity contribution in [3.05, 3.63) is 11.6 Å². The molecular weight excluding hydrogens is 218 g/mol. The molecule has 18 heavy (non-hydrogen) atoms. The number of allylic oxidation sites excluding steroid dienone is 1. The first-order valence-electron chi connectivity index (χ1n) is 7.84. The molecule has 0 aromatic rings. The van der Waals surface area contributed by atoms with E-state index < -0.39 is 0 Å². The Morgan fingerprint density at radius 3 is 2.11 bits per heavy atom. The average Bonchev–Trinajstić information content (AvgIpc) is 2.50. The molecule has 0 spiro atoms. The van der Waals surface area contributed by atoms with Gasteiger partial charge in [0.1, 0.15) is 0 Å². The van der Waals surface area contributed by atoms with E-state index in [9.17, 15) is 0 Å². The van der Waals surface area contributed by atoms with Gasteiger partial charge in [-0.05, 0) is 45.4 Å². The van der Waals surface area contributed by atoms with Crippen LogP contribution >= 0.6 is 0 Å². The molecule has 1 N–H and O–H groups in total. The van der Waals surface area contributed by atoms with Crippen LogP contribution in [0.25, 0.3) is 0 Å². The van der Waals surface area contributed by atoms with Gasteiger partial charge in [-0.15, -0.1) is 0 Å². The standard InChI is InChI=1S/C17H33N/c1-14(2)16(13-18-17(3,4)5)12-15-10-8-6-7-9-11-15/h12,14-15,18H,6-11,13H2,1-5H3. The second-order valence-electron chi connectivity index (χ2n) is 7.25. The quantitative estimate of drug-likeness (QED) is 0.552. The predicted octanol–water partition coefficient (Wildman–Crippen LogP) is 4.93. The van der Waals surface area contributed by atoms with Crippen molar-refractivity contribution in [2.45, 2.75) is 78.7 Å². The highest BCUT2D eigenvalue weighted by Crippen LogP contribution is 2.26. The summed E-state index contributed by atoms with van der Waals surface area (Å²) in [6, 6.07) is 0. The molecule has 0 aromatic heterocycles. The Morgan fingerprint density at radius 2 is 1.67 bits per heavy atom. The number of hydrogen-bond donors (Lipinski definition) is 1. The number of nitrogens with one attached hydrogen (secondary N) is 1. The SMILES string of the molecule is CC(C)C(=CC1CCCCCC1)CNC(C)(C)C. The van der Waals surface area contributed by atoms with E-state index >= 15 is 0 Å². The van der Waals surface area contributed by atoms with Gasteiger partial charge in [-0.25, -0.2) is 0 Å². The highest BCUT2D eigenvalue weighted by atomic mass is 14.9. The zero-order valence-electron chi connectivity index (χ0n) is 13.2. The van der Waals surface area contributed by atoms with E-state index in [0.29, 0.717) is 5.92 Å². The summed E-state index contributed by atoms with van der Waals surface area (Å²) in [6.07, 6.45) is 11.2. The van der Waals surface area contributed by atoms with Crippen LogP contribution in [0, 0.1) is 11.8 Å². The van der Waals surface area contributed by atoms with Crippen LogP contribution in [0.1, 0.15) is 73.1 Å². The molecule has 1 aliphatic rings. The second kappa shape index (κ2) is 7.33. The molecule has 1 saturated carbocycles. The van der Waals surface area contributed by atoms with E-state index in [1.807, 2.05) is 0 Å². The van der Waals surface area contributed by atoms with Gasteiger partial charge in [0, 0.05) is 12.1 Å². The Hall–Kier alpha value is -0.300. The van der Waals surface area contributed by atoms with Crippen LogP contribution in [0.3, 0.4) is 0 Å². The van der Waals surface area contributed by atoms with Gasteiger partial charge in [-0.1, -0.05) is 51.2 Å². The first kappa shape index (κ1) is 15.8. The Morgan fingerprint density at radius 1 is 1.11 bits per heavy atom. The molecule has 1 heteroatoms. The molecule has 1 rings (SSSR count). The van der Waals surface area contributed by atoms with Gasteiger partial charge in [-0.2, -0.15) is 0 Å². The fourth-order valence-electron chi connectivity index (χ4n) is 2.60. The first-order chi connectivity index (χ1) is 8.38. The Labute approximate surface area is 114 Å². The molecule has 0 radical (unpaired) electrons. The van der Waals surface area contributed by atoms with Crippen LogP contribution in [0.5, 0.6) is 0 Å². The van der Waals surface area contributed by atoms with Crippen LogP contribution in [-0.4, -0.2) is 12.1 Å². The van der Waals surface area contributed by atoms with Crippen molar-refractivity contribution in [1.29, 1.82) is 0 Å². The minimum Gasteiger partial charge on any atom is -0.308 e. The van der Waals surface area contributed by atoms with E-state index in [1.165, 1.54) is 38.5 Å². The van der Waals surface area contributed by atoms with Gasteiger partial charge in [0.05, 0.1) is 0 Å². The predicted molar refractivity (Wildman–Crippen MR) is 81.9 cm³/mol. The lowest BCUT2D eigenvalue weighted by Crippen LogP contribution is -2.37. The van der Waals surface area contributed by atoms with Gasteiger partial charge in [0.25, 0.3) is 0 Å². The van der Waals surface area contributed by atoms with Crippen molar-refractivity contribution in [3.8, 4) is 0 Å². The van der Waals surface area contributed by atoms with Crippen LogP contribution < -0.4 is 5.32 Å². The molecule has 1 nitrogen and oxygen atoms in total. The third-order valence-corrected chi connectivity index (χ3v) is 3.91. The molecule has 0 amide bonds. The third-order valence-electron chi connectivity index (χ3n) is 3.91. The summed E-state index contributed by atoms with van der Waals surface area (Å²) in [5, 5.41) is 3.64. The van der Waals surface area contributed by atoms with E-state index in [-0.39, 0.29) is 5.54 Å². The van der Waals surface area contributed by atoms with Crippen molar-refractivity contribution in [2.75, 3.05) is 6.54 Å². The maximum Gasteiger partial charge on any atom is 0.0172 e. The molecule has 0 saturated heterocycles. The normalized spacial score (nSPS) is 20.2. The molecule has 1 aliphatic carbocycles. The van der Waals surface area contributed by atoms with Crippen molar-refractivity contribution < 1.29 is 0 Å². The summed E-state index contributed by atoms with van der Waals surface area (Å²) < 4.78 is 0. The topological polar surface area (TPSA) is 12.0 Å². The lowest BCUT2D eigenvalue weighted by Gasteiger charge is -2.24. The molecule has 106 valence electrons. The summed E-state index contributed by atoms with van der Waals surface area (Å²) in [4.78, 5) is 0. The third kappa shape index (κ3) is 6.58. The molecular formula is C17H33N. The monoisotopic (exact) mass is 251 g/mol. The summed E-state index contributed by atoms with van der Waals surface area (Å²) in [7, 11) is 0. The molecule has 0 bridgehead atoms. The van der Waals surface area contributed by atoms with Crippen LogP contribution in [0.2, 0.25) is 0 Å². The molecule has 1 fully saturated rings. The van der Waals surface area contributed by atoms with Crippen molar-refractivity contribution in [2.24, 2.45) is 11.8 Å². The highest BCUT2D eigenvalue weighted by Gasteiger charge is 2.15. The molecule has 0 aliphatic heterocycles. The van der Waals surface area contributed by atoms with Crippen molar-refractivity contribution in [1.82, 2.24) is 5.32 Å². The van der Waals surface area contributed by atoms with Crippen molar-refractivity contribution >= 4 is 0 Å². The fourth-order valence-corrected chi connectivity index (χ4v) is 2.60. The largest absolute Gasteiger partial charge is 0.308 e. The lowest BCUT2D eigenvalue weighted by atomic mass is 9.92. The average molecular weight is 251 g/mol. The van der Waals surface area contributed by atoms with E-state index in [2.05, 4.69) is 46.0 Å². The van der Waals surface area contributed by atoms with Gasteiger partial charge >= 0.3 is 0 Å². The maximum absolute atomic E-state index is 3.64. The first-order valence-corrected chi connectivity index (χ1v) is 7.84. The Kier molecular flexibility index (Phi) is 6.42. The maximum atomic E-state index is 3.64. The fraction of sp³-hybridized carbons (Fsp3) is 0.882. The smallest absolute Gasteiger partial charge is 0.0172 e. The summed E-state index contributed by atoms with van der Waals surface area (Å²) in [6.45, 7) is 12.4. The zero-order chi connectivity index (χ0) is 13.6. The molecule has 0 atom stereocenters. The molecule has 0 heterocycles. The van der Waals surface area contributed by atoms with Gasteiger partial charge in [0.15, 0.2) is 0 Å². The number of rotatable bonds is 4. The minimum absolute atomic E-state index is 0.220. The van der Waals surface area contributed by atoms with Crippen LogP contribution in [0.4, 0.5) is 0 Å². The van der Waals surface area contributed by atoms with Gasteiger partial charge in [0.2, 0.25) is 0 Å². The van der Waals surface area contributed by atoms with Crippen LogP contribution in [-0.2, 0) is 0 Å². The summed E-state index contributed by atoms with van der Waals surface area (Å²) in [5.74, 6) is 1.51. The van der Waals surface area contributed by atoms with Crippen LogP contribution in [0.15, 0.2) is 11.6 Å². The summed E-state index contributed by atoms with van der Waals surface area (Å²) in [5.41, 5.74) is 1.83. The Balaban J connectivity index is 2.58. The summed E-state index contributed by atoms with van der Waals surface area (Å²) >= 11 is 0. The second-order valence-corrected chi connectivity index (χ2v) is 7.25. The van der Waals surface area contributed by atoms with E-state index in [4.69, 9.17) is 0 Å². The van der Waals surface area contributed by atoms with Gasteiger partial charge in [-0.3, -0.25) is 0 Å². The zero-order valence-corrected chi connectivity index (χ0v) is 13.2. The van der Waals surface area contributed by atoms with E-state index in [0.717, 1.165) is 12.5 Å². The van der Waals surface area contributed by atoms with Crippen molar-refractivity contribution in [3.63, 3.8) is 0 Å². The lowest BCUT2D eigenvalue weighted by molar-refractivity contribution is 0.433. The molecule has 0 unspecified atom stereocenters. The Bertz CT molecular complexity index is 249. The minimum atomic E-state index is 0.220. The molecule has 0 aromatic carbocycles. The number of hydrogen-bond acceptors (Lipinski definition) is 1. The van der Waals surface area contributed by atoms with Gasteiger partial charge < -0.3 is 5.32 Å². The van der Waals surface area contributed by atoms with E-state index in [1.54, 1.807) is 5.57 Å².